The van der Waals surface area contributed by atoms with Crippen molar-refractivity contribution in [1.82, 2.24) is 15.3 Å². The number of nitrogens with zero attached hydrogens (tertiary/aromatic N) is 1. The number of H-pyrrole nitrogens is 1. The van der Waals surface area contributed by atoms with Crippen molar-refractivity contribution in [1.29, 1.82) is 0 Å². The van der Waals surface area contributed by atoms with Crippen LogP contribution in [0.1, 0.15) is 81.7 Å². The van der Waals surface area contributed by atoms with Crippen molar-refractivity contribution in [3.05, 3.63) is 65.2 Å². The highest BCUT2D eigenvalue weighted by Crippen LogP contribution is 2.48. The first kappa shape index (κ1) is 25.9. The number of esters is 1. The molecule has 1 fully saturated rings. The van der Waals surface area contributed by atoms with Gasteiger partial charge in [0.25, 0.3) is 0 Å². The smallest absolute Gasteiger partial charge is 0.309 e. The van der Waals surface area contributed by atoms with Crippen molar-refractivity contribution in [3.63, 3.8) is 0 Å². The maximum atomic E-state index is 14.0. The minimum Gasteiger partial charge on any atom is -0.458 e. The van der Waals surface area contributed by atoms with Crippen LogP contribution in [0.15, 0.2) is 42.5 Å². The average Bonchev–Trinajstić information content (AvgIpc) is 3.56. The maximum absolute atomic E-state index is 14.0. The SMILES string of the molecule is CC(C)[C@H]1c2ccc(F)cc2CC[C@]1(CCNCCCc1nc2ccccc2[nH]1)OC(=O)C1CCCC1. The average molecular weight is 506 g/mol. The number of halogens is 1. The first-order valence-corrected chi connectivity index (χ1v) is 14.1. The van der Waals surface area contributed by atoms with E-state index in [1.165, 1.54) is 0 Å². The van der Waals surface area contributed by atoms with Gasteiger partial charge in [-0.2, -0.15) is 0 Å². The number of aromatic nitrogens is 2. The minimum atomic E-state index is -0.565. The number of hydrogen-bond donors (Lipinski definition) is 2. The number of para-hydroxylation sites is 2. The Morgan fingerprint density at radius 1 is 1.19 bits per heavy atom. The molecule has 2 N–H and O–H groups in total. The van der Waals surface area contributed by atoms with Crippen LogP contribution in [0, 0.1) is 17.7 Å². The topological polar surface area (TPSA) is 67.0 Å². The van der Waals surface area contributed by atoms with Crippen molar-refractivity contribution >= 4 is 17.0 Å². The highest BCUT2D eigenvalue weighted by atomic mass is 19.1. The van der Waals surface area contributed by atoms with Crippen LogP contribution in [-0.4, -0.2) is 34.6 Å². The Morgan fingerprint density at radius 2 is 2.00 bits per heavy atom. The second kappa shape index (κ2) is 11.3. The van der Waals surface area contributed by atoms with Crippen LogP contribution in [0.3, 0.4) is 0 Å². The van der Waals surface area contributed by atoms with Crippen LogP contribution in [0.4, 0.5) is 4.39 Å². The molecule has 2 aromatic carbocycles. The molecule has 0 spiro atoms. The molecule has 198 valence electrons. The molecule has 1 saturated carbocycles. The Morgan fingerprint density at radius 3 is 2.78 bits per heavy atom. The van der Waals surface area contributed by atoms with E-state index in [2.05, 4.69) is 35.2 Å². The number of fused-ring (bicyclic) bond motifs is 2. The molecule has 0 radical (unpaired) electrons. The number of benzene rings is 2. The third-order valence-electron chi connectivity index (χ3n) is 8.41. The zero-order valence-corrected chi connectivity index (χ0v) is 22.2. The summed E-state index contributed by atoms with van der Waals surface area (Å²) in [7, 11) is 0. The monoisotopic (exact) mass is 505 g/mol. The van der Waals surface area contributed by atoms with Gasteiger partial charge in [0.1, 0.15) is 17.2 Å². The van der Waals surface area contributed by atoms with Crippen LogP contribution in [0.2, 0.25) is 0 Å². The number of aromatic amines is 1. The second-order valence-electron chi connectivity index (χ2n) is 11.3. The summed E-state index contributed by atoms with van der Waals surface area (Å²) in [6.07, 6.45) is 8.18. The molecular formula is C31H40FN3O2. The summed E-state index contributed by atoms with van der Waals surface area (Å²) >= 11 is 0. The van der Waals surface area contributed by atoms with E-state index in [4.69, 9.17) is 4.74 Å². The molecule has 6 heteroatoms. The third kappa shape index (κ3) is 5.74. The number of ether oxygens (including phenoxy) is 1. The van der Waals surface area contributed by atoms with E-state index in [-0.39, 0.29) is 29.5 Å². The summed E-state index contributed by atoms with van der Waals surface area (Å²) in [5.74, 6) is 1.15. The fourth-order valence-corrected chi connectivity index (χ4v) is 6.67. The summed E-state index contributed by atoms with van der Waals surface area (Å²) in [5, 5.41) is 3.60. The number of carbonyl (C=O) groups is 1. The van der Waals surface area contributed by atoms with Crippen molar-refractivity contribution in [2.24, 2.45) is 11.8 Å². The molecule has 0 bridgehead atoms. The van der Waals surface area contributed by atoms with E-state index in [0.29, 0.717) is 0 Å². The second-order valence-corrected chi connectivity index (χ2v) is 11.3. The number of nitrogens with one attached hydrogen (secondary N) is 2. The normalized spacial score (nSPS) is 22.0. The highest BCUT2D eigenvalue weighted by molar-refractivity contribution is 5.74. The largest absolute Gasteiger partial charge is 0.458 e. The number of rotatable bonds is 10. The van der Waals surface area contributed by atoms with E-state index in [1.807, 2.05) is 24.3 Å². The fourth-order valence-electron chi connectivity index (χ4n) is 6.67. The lowest BCUT2D eigenvalue weighted by atomic mass is 9.65. The first-order chi connectivity index (χ1) is 17.9. The summed E-state index contributed by atoms with van der Waals surface area (Å²) in [6.45, 7) is 6.04. The molecule has 1 heterocycles. The number of aryl methyl sites for hydroxylation is 2. The zero-order valence-electron chi connectivity index (χ0n) is 22.2. The standard InChI is InChI=1S/C31H40FN3O2/c1-21(2)29-25-14-13-24(32)20-23(25)15-16-31(29,37-30(36)22-8-3-4-9-22)17-19-33-18-7-12-28-34-26-10-5-6-11-27(26)35-28/h5-6,10-11,13-14,20-22,29,33H,3-4,7-9,12,15-19H2,1-2H3,(H,34,35)/t29-,31+/m0/s1. The molecular weight excluding hydrogens is 465 g/mol. The van der Waals surface area contributed by atoms with Gasteiger partial charge in [-0.25, -0.2) is 9.37 Å². The Bertz CT molecular complexity index is 1180. The van der Waals surface area contributed by atoms with Crippen molar-refractivity contribution < 1.29 is 13.9 Å². The van der Waals surface area contributed by atoms with Gasteiger partial charge in [0.05, 0.1) is 17.0 Å². The molecule has 0 saturated heterocycles. The zero-order chi connectivity index (χ0) is 25.8. The first-order valence-electron chi connectivity index (χ1n) is 14.1. The van der Waals surface area contributed by atoms with Gasteiger partial charge in [-0.3, -0.25) is 4.79 Å². The molecule has 1 aromatic heterocycles. The molecule has 0 amide bonds. The number of imidazole rings is 1. The molecule has 2 aliphatic carbocycles. The molecule has 5 nitrogen and oxygen atoms in total. The summed E-state index contributed by atoms with van der Waals surface area (Å²) in [4.78, 5) is 21.4. The minimum absolute atomic E-state index is 0.0241. The molecule has 2 atom stereocenters. The van der Waals surface area contributed by atoms with E-state index in [9.17, 15) is 9.18 Å². The van der Waals surface area contributed by atoms with Crippen LogP contribution in [0.25, 0.3) is 11.0 Å². The van der Waals surface area contributed by atoms with Gasteiger partial charge >= 0.3 is 5.97 Å². The van der Waals surface area contributed by atoms with Crippen molar-refractivity contribution in [2.75, 3.05) is 13.1 Å². The Kier molecular flexibility index (Phi) is 7.94. The van der Waals surface area contributed by atoms with Gasteiger partial charge in [-0.15, -0.1) is 0 Å². The molecule has 0 unspecified atom stereocenters. The summed E-state index contributed by atoms with van der Waals surface area (Å²) in [6, 6.07) is 13.3. The predicted molar refractivity (Wildman–Crippen MR) is 145 cm³/mol. The van der Waals surface area contributed by atoms with Crippen molar-refractivity contribution in [3.8, 4) is 0 Å². The summed E-state index contributed by atoms with van der Waals surface area (Å²) < 4.78 is 20.6. The maximum Gasteiger partial charge on any atom is 0.309 e. The van der Waals surface area contributed by atoms with Crippen LogP contribution in [-0.2, 0) is 22.4 Å². The van der Waals surface area contributed by atoms with Crippen molar-refractivity contribution in [2.45, 2.75) is 83.2 Å². The van der Waals surface area contributed by atoms with Gasteiger partial charge in [0, 0.05) is 18.8 Å². The molecule has 3 aromatic rings. The Labute approximate surface area is 219 Å². The van der Waals surface area contributed by atoms with Gasteiger partial charge < -0.3 is 15.0 Å². The number of hydrogen-bond acceptors (Lipinski definition) is 4. The molecule has 2 aliphatic rings. The molecule has 5 rings (SSSR count). The number of carbonyl (C=O) groups excluding carboxylic acids is 1. The van der Waals surface area contributed by atoms with E-state index >= 15 is 0 Å². The highest BCUT2D eigenvalue weighted by Gasteiger charge is 2.48. The summed E-state index contributed by atoms with van der Waals surface area (Å²) in [5.41, 5.74) is 3.73. The van der Waals surface area contributed by atoms with E-state index < -0.39 is 5.60 Å². The predicted octanol–water partition coefficient (Wildman–Crippen LogP) is 6.47. The lowest BCUT2D eigenvalue weighted by molar-refractivity contribution is -0.172. The quantitative estimate of drug-likeness (QED) is 0.245. The fraction of sp³-hybridized carbons (Fsp3) is 0.548. The van der Waals surface area contributed by atoms with E-state index in [1.54, 1.807) is 12.1 Å². The Hall–Kier alpha value is -2.73. The van der Waals surface area contributed by atoms with Gasteiger partial charge in [0.15, 0.2) is 0 Å². The van der Waals surface area contributed by atoms with Crippen LogP contribution in [0.5, 0.6) is 0 Å². The van der Waals surface area contributed by atoms with Crippen LogP contribution >= 0.6 is 0 Å². The third-order valence-corrected chi connectivity index (χ3v) is 8.41. The lowest BCUT2D eigenvalue weighted by Gasteiger charge is -2.47. The molecule has 0 aliphatic heterocycles. The van der Waals surface area contributed by atoms with Gasteiger partial charge in [-0.05, 0) is 86.5 Å². The van der Waals surface area contributed by atoms with Gasteiger partial charge in [-0.1, -0.05) is 44.9 Å². The van der Waals surface area contributed by atoms with Gasteiger partial charge in [0.2, 0.25) is 0 Å². The Balaban J connectivity index is 1.25. The van der Waals surface area contributed by atoms with Crippen LogP contribution < -0.4 is 5.32 Å². The lowest BCUT2D eigenvalue weighted by Crippen LogP contribution is -2.49. The molecule has 37 heavy (non-hydrogen) atoms. The van der Waals surface area contributed by atoms with E-state index in [0.717, 1.165) is 98.9 Å².